The molecule has 0 radical (unpaired) electrons. The highest BCUT2D eigenvalue weighted by atomic mass is 35.5. The smallest absolute Gasteiger partial charge is 0.144 e. The zero-order chi connectivity index (χ0) is 11.4. The van der Waals surface area contributed by atoms with Crippen LogP contribution < -0.4 is 5.32 Å². The van der Waals surface area contributed by atoms with Crippen molar-refractivity contribution in [1.82, 2.24) is 5.32 Å². The molecule has 0 spiro atoms. The summed E-state index contributed by atoms with van der Waals surface area (Å²) >= 11 is 0. The van der Waals surface area contributed by atoms with Gasteiger partial charge in [-0.1, -0.05) is 30.3 Å². The fraction of sp³-hybridized carbons (Fsp3) is 0.333. The summed E-state index contributed by atoms with van der Waals surface area (Å²) in [4.78, 5) is 0. The lowest BCUT2D eigenvalue weighted by Crippen LogP contribution is -2.19. The van der Waals surface area contributed by atoms with Crippen LogP contribution in [0.3, 0.4) is 0 Å². The molecular weight excluding hydrogens is 258 g/mol. The van der Waals surface area contributed by atoms with E-state index in [0.717, 1.165) is 25.1 Å². The molecule has 1 aromatic carbocycles. The summed E-state index contributed by atoms with van der Waals surface area (Å²) < 4.78 is 21.1. The Kier molecular flexibility index (Phi) is 5.68. The fourth-order valence-corrected chi connectivity index (χ4v) is 2.37. The minimum absolute atomic E-state index is 0. The number of halogens is 1. The van der Waals surface area contributed by atoms with Crippen molar-refractivity contribution in [2.75, 3.05) is 13.1 Å². The van der Waals surface area contributed by atoms with E-state index in [0.29, 0.717) is 0 Å². The third kappa shape index (κ3) is 4.15. The SMILES string of the molecule is Cl.O=[SH](=O)Cc1ccc(C2=CCNCC2)cc1. The highest BCUT2D eigenvalue weighted by molar-refractivity contribution is 7.71. The van der Waals surface area contributed by atoms with Gasteiger partial charge in [0.05, 0.1) is 5.75 Å². The summed E-state index contributed by atoms with van der Waals surface area (Å²) in [6.45, 7) is 1.93. The Morgan fingerprint density at radius 2 is 1.88 bits per heavy atom. The molecule has 1 aliphatic heterocycles. The van der Waals surface area contributed by atoms with Gasteiger partial charge in [-0.05, 0) is 29.7 Å². The van der Waals surface area contributed by atoms with Gasteiger partial charge in [0.15, 0.2) is 0 Å². The molecule has 3 nitrogen and oxygen atoms in total. The average Bonchev–Trinajstić information content (AvgIpc) is 2.30. The van der Waals surface area contributed by atoms with Crippen LogP contribution in [-0.2, 0) is 16.5 Å². The second-order valence-electron chi connectivity index (χ2n) is 3.87. The van der Waals surface area contributed by atoms with E-state index >= 15 is 0 Å². The van der Waals surface area contributed by atoms with Gasteiger partial charge in [0, 0.05) is 6.54 Å². The first kappa shape index (κ1) is 14.2. The van der Waals surface area contributed by atoms with Gasteiger partial charge in [0.2, 0.25) is 0 Å². The molecular formula is C12H16ClNO2S. The summed E-state index contributed by atoms with van der Waals surface area (Å²) in [7, 11) is -2.33. The predicted octanol–water partition coefficient (Wildman–Crippen LogP) is 1.60. The van der Waals surface area contributed by atoms with Crippen molar-refractivity contribution in [2.24, 2.45) is 0 Å². The second kappa shape index (κ2) is 6.79. The molecule has 5 heteroatoms. The van der Waals surface area contributed by atoms with Gasteiger partial charge < -0.3 is 5.32 Å². The molecule has 2 rings (SSSR count). The third-order valence-electron chi connectivity index (χ3n) is 2.70. The van der Waals surface area contributed by atoms with Crippen LogP contribution in [0.25, 0.3) is 5.57 Å². The van der Waals surface area contributed by atoms with Crippen molar-refractivity contribution < 1.29 is 8.42 Å². The molecule has 0 aliphatic carbocycles. The highest BCUT2D eigenvalue weighted by Crippen LogP contribution is 2.20. The normalized spacial score (nSPS) is 15.2. The number of rotatable bonds is 3. The Morgan fingerprint density at radius 1 is 1.18 bits per heavy atom. The Balaban J connectivity index is 0.00000144. The van der Waals surface area contributed by atoms with Gasteiger partial charge in [-0.3, -0.25) is 0 Å². The van der Waals surface area contributed by atoms with Gasteiger partial charge >= 0.3 is 0 Å². The first-order chi connectivity index (χ1) is 7.75. The van der Waals surface area contributed by atoms with Crippen LogP contribution in [-0.4, -0.2) is 21.5 Å². The van der Waals surface area contributed by atoms with E-state index in [1.807, 2.05) is 24.3 Å². The van der Waals surface area contributed by atoms with Crippen LogP contribution in [0.1, 0.15) is 17.5 Å². The molecule has 0 unspecified atom stereocenters. The summed E-state index contributed by atoms with van der Waals surface area (Å²) in [6.07, 6.45) is 3.22. The van der Waals surface area contributed by atoms with Crippen molar-refractivity contribution in [3.05, 3.63) is 41.5 Å². The Bertz CT molecular complexity index is 458. The average molecular weight is 274 g/mol. The maximum atomic E-state index is 10.6. The van der Waals surface area contributed by atoms with E-state index in [9.17, 15) is 8.42 Å². The van der Waals surface area contributed by atoms with E-state index in [1.165, 1.54) is 11.1 Å². The van der Waals surface area contributed by atoms with E-state index in [2.05, 4.69) is 11.4 Å². The molecule has 0 amide bonds. The van der Waals surface area contributed by atoms with Crippen molar-refractivity contribution in [3.63, 3.8) is 0 Å². The fourth-order valence-electron chi connectivity index (χ4n) is 1.86. The minimum Gasteiger partial charge on any atom is -0.313 e. The molecule has 0 aromatic heterocycles. The first-order valence-corrected chi connectivity index (χ1v) is 6.73. The lowest BCUT2D eigenvalue weighted by atomic mass is 9.99. The van der Waals surface area contributed by atoms with Crippen LogP contribution in [0.4, 0.5) is 0 Å². The van der Waals surface area contributed by atoms with Crippen LogP contribution in [0.15, 0.2) is 30.3 Å². The molecule has 17 heavy (non-hydrogen) atoms. The van der Waals surface area contributed by atoms with Crippen molar-refractivity contribution in [1.29, 1.82) is 0 Å². The summed E-state index contributed by atoms with van der Waals surface area (Å²) in [5, 5.41) is 3.27. The van der Waals surface area contributed by atoms with Crippen LogP contribution >= 0.6 is 12.4 Å². The Hall–Kier alpha value is -0.840. The maximum absolute atomic E-state index is 10.6. The quantitative estimate of drug-likeness (QED) is 0.823. The highest BCUT2D eigenvalue weighted by Gasteiger charge is 2.05. The summed E-state index contributed by atoms with van der Waals surface area (Å²) in [5.74, 6) is 0.135. The molecule has 0 atom stereocenters. The number of hydrogen-bond acceptors (Lipinski definition) is 3. The van der Waals surface area contributed by atoms with Crippen molar-refractivity contribution in [2.45, 2.75) is 12.2 Å². The lowest BCUT2D eigenvalue weighted by molar-refractivity contribution is 0.614. The number of nitrogens with one attached hydrogen (secondary N) is 1. The zero-order valence-electron chi connectivity index (χ0n) is 9.39. The van der Waals surface area contributed by atoms with Crippen molar-refractivity contribution >= 4 is 28.7 Å². The van der Waals surface area contributed by atoms with E-state index in [4.69, 9.17) is 0 Å². The van der Waals surface area contributed by atoms with Gasteiger partial charge in [-0.2, -0.15) is 0 Å². The summed E-state index contributed by atoms with van der Waals surface area (Å²) in [5.41, 5.74) is 3.40. The Morgan fingerprint density at radius 3 is 2.41 bits per heavy atom. The Labute approximate surface area is 109 Å². The largest absolute Gasteiger partial charge is 0.313 e. The van der Waals surface area contributed by atoms with Gasteiger partial charge in [0.1, 0.15) is 10.7 Å². The minimum atomic E-state index is -2.33. The molecule has 0 bridgehead atoms. The summed E-state index contributed by atoms with van der Waals surface area (Å²) in [6, 6.07) is 7.79. The monoisotopic (exact) mass is 273 g/mol. The second-order valence-corrected chi connectivity index (χ2v) is 4.85. The van der Waals surface area contributed by atoms with Gasteiger partial charge in [-0.15, -0.1) is 12.4 Å². The maximum Gasteiger partial charge on any atom is 0.144 e. The number of benzene rings is 1. The van der Waals surface area contributed by atoms with Crippen molar-refractivity contribution in [3.8, 4) is 0 Å². The molecule has 0 saturated carbocycles. The third-order valence-corrected chi connectivity index (χ3v) is 3.32. The lowest BCUT2D eigenvalue weighted by Gasteiger charge is -2.14. The molecule has 0 fully saturated rings. The number of hydrogen-bond donors (Lipinski definition) is 2. The number of thiol groups is 1. The van der Waals surface area contributed by atoms with Crippen LogP contribution in [0.2, 0.25) is 0 Å². The standard InChI is InChI=1S/C12H15NO2S.ClH/c14-16(15)9-10-1-3-11(4-2-10)12-5-7-13-8-6-12;/h1-5,13,16H,6-9H2;1H. The van der Waals surface area contributed by atoms with E-state index in [-0.39, 0.29) is 18.2 Å². The molecule has 1 heterocycles. The molecule has 1 aliphatic rings. The molecule has 0 saturated heterocycles. The van der Waals surface area contributed by atoms with Crippen LogP contribution in [0.5, 0.6) is 0 Å². The topological polar surface area (TPSA) is 46.2 Å². The van der Waals surface area contributed by atoms with Gasteiger partial charge in [-0.25, -0.2) is 8.42 Å². The molecule has 94 valence electrons. The zero-order valence-corrected chi connectivity index (χ0v) is 11.1. The molecule has 1 aromatic rings. The molecule has 1 N–H and O–H groups in total. The predicted molar refractivity (Wildman–Crippen MR) is 73.2 cm³/mol. The van der Waals surface area contributed by atoms with Crippen LogP contribution in [0, 0.1) is 0 Å². The van der Waals surface area contributed by atoms with E-state index < -0.39 is 10.7 Å². The van der Waals surface area contributed by atoms with E-state index in [1.54, 1.807) is 0 Å². The first-order valence-electron chi connectivity index (χ1n) is 5.36. The van der Waals surface area contributed by atoms with Gasteiger partial charge in [0.25, 0.3) is 0 Å².